The number of guanidine groups is 1. The number of anilines is 1. The molecule has 0 aromatic heterocycles. The van der Waals surface area contributed by atoms with Crippen molar-refractivity contribution in [3.05, 3.63) is 29.8 Å². The first-order valence-electron chi connectivity index (χ1n) is 10.2. The highest BCUT2D eigenvalue weighted by Gasteiger charge is 2.32. The lowest BCUT2D eigenvalue weighted by molar-refractivity contribution is -0.117. The fraction of sp³-hybridized carbons (Fsp3) is 0.619. The molecule has 29 heavy (non-hydrogen) atoms. The lowest BCUT2D eigenvalue weighted by Gasteiger charge is -2.36. The summed E-state index contributed by atoms with van der Waals surface area (Å²) in [4.78, 5) is 18.4. The van der Waals surface area contributed by atoms with Gasteiger partial charge in [0.25, 0.3) is 0 Å². The van der Waals surface area contributed by atoms with Crippen molar-refractivity contribution in [1.29, 1.82) is 0 Å². The number of rotatable bonds is 7. The maximum Gasteiger partial charge on any atom is 0.227 e. The van der Waals surface area contributed by atoms with Crippen LogP contribution in [0.25, 0.3) is 0 Å². The summed E-state index contributed by atoms with van der Waals surface area (Å²) in [5.41, 5.74) is 1.89. The Balaban J connectivity index is 0.00000300. The van der Waals surface area contributed by atoms with Gasteiger partial charge in [0.2, 0.25) is 5.91 Å². The quantitative estimate of drug-likeness (QED) is 0.331. The van der Waals surface area contributed by atoms with E-state index in [1.807, 2.05) is 29.2 Å². The second-order valence-electron chi connectivity index (χ2n) is 7.36. The maximum atomic E-state index is 11.9. The molecule has 1 aromatic carbocycles. The number of benzene rings is 1. The molecular weight excluding hydrogens is 483 g/mol. The van der Waals surface area contributed by atoms with Gasteiger partial charge in [0.1, 0.15) is 0 Å². The van der Waals surface area contributed by atoms with Crippen molar-refractivity contribution in [2.75, 3.05) is 44.9 Å². The molecule has 2 N–H and O–H groups in total. The van der Waals surface area contributed by atoms with Crippen LogP contribution in [0.15, 0.2) is 29.3 Å². The predicted molar refractivity (Wildman–Crippen MR) is 126 cm³/mol. The Morgan fingerprint density at radius 2 is 1.97 bits per heavy atom. The van der Waals surface area contributed by atoms with Crippen LogP contribution in [0.1, 0.15) is 38.2 Å². The summed E-state index contributed by atoms with van der Waals surface area (Å²) in [7, 11) is 1.77. The number of hydrogen-bond donors (Lipinski definition) is 2. The molecule has 0 unspecified atom stereocenters. The minimum Gasteiger partial charge on any atom is -0.381 e. The topological polar surface area (TPSA) is 75.2 Å². The van der Waals surface area contributed by atoms with Crippen LogP contribution < -0.4 is 15.5 Å². The molecule has 2 saturated heterocycles. The van der Waals surface area contributed by atoms with Gasteiger partial charge in [-0.15, -0.1) is 24.0 Å². The SMILES string of the molecule is CCNC(=NCc1ccc(N2CCCC2=O)cc1)NCC1(OC)CCOCC1.I. The Labute approximate surface area is 190 Å². The summed E-state index contributed by atoms with van der Waals surface area (Å²) in [5.74, 6) is 0.994. The van der Waals surface area contributed by atoms with Crippen LogP contribution in [0.5, 0.6) is 0 Å². The fourth-order valence-electron chi connectivity index (χ4n) is 3.66. The molecule has 8 heteroatoms. The highest BCUT2D eigenvalue weighted by molar-refractivity contribution is 14.0. The van der Waals surface area contributed by atoms with Crippen molar-refractivity contribution < 1.29 is 14.3 Å². The molecule has 2 aliphatic heterocycles. The van der Waals surface area contributed by atoms with Crippen molar-refractivity contribution >= 4 is 41.5 Å². The molecule has 0 spiro atoms. The van der Waals surface area contributed by atoms with E-state index >= 15 is 0 Å². The fourth-order valence-corrected chi connectivity index (χ4v) is 3.66. The van der Waals surface area contributed by atoms with Crippen LogP contribution in [-0.4, -0.2) is 57.4 Å². The predicted octanol–water partition coefficient (Wildman–Crippen LogP) is 2.68. The van der Waals surface area contributed by atoms with Crippen molar-refractivity contribution in [2.24, 2.45) is 4.99 Å². The average Bonchev–Trinajstić information content (AvgIpc) is 3.17. The number of amides is 1. The average molecular weight is 516 g/mol. The molecule has 7 nitrogen and oxygen atoms in total. The molecule has 0 aliphatic carbocycles. The van der Waals surface area contributed by atoms with Gasteiger partial charge in [-0.1, -0.05) is 12.1 Å². The molecule has 2 fully saturated rings. The first-order chi connectivity index (χ1) is 13.7. The van der Waals surface area contributed by atoms with E-state index in [0.717, 1.165) is 62.8 Å². The van der Waals surface area contributed by atoms with E-state index in [1.165, 1.54) is 0 Å². The second kappa shape index (κ2) is 11.7. The molecule has 2 heterocycles. The minimum absolute atomic E-state index is 0. The van der Waals surface area contributed by atoms with E-state index in [-0.39, 0.29) is 35.5 Å². The summed E-state index contributed by atoms with van der Waals surface area (Å²) < 4.78 is 11.2. The standard InChI is InChI=1S/C21H32N4O3.HI/c1-3-22-20(24-16-21(27-2)10-13-28-14-11-21)23-15-17-6-8-18(9-7-17)25-12-4-5-19(25)26;/h6-9H,3-5,10-16H2,1-2H3,(H2,22,23,24);1H. The minimum atomic E-state index is -0.196. The van der Waals surface area contributed by atoms with Gasteiger partial charge in [0.05, 0.1) is 12.1 Å². The number of carbonyl (C=O) groups is 1. The van der Waals surface area contributed by atoms with Crippen LogP contribution in [0, 0.1) is 0 Å². The van der Waals surface area contributed by atoms with E-state index in [4.69, 9.17) is 14.5 Å². The second-order valence-corrected chi connectivity index (χ2v) is 7.36. The van der Waals surface area contributed by atoms with Crippen molar-refractivity contribution in [3.8, 4) is 0 Å². The summed E-state index contributed by atoms with van der Waals surface area (Å²) >= 11 is 0. The van der Waals surface area contributed by atoms with E-state index in [9.17, 15) is 4.79 Å². The highest BCUT2D eigenvalue weighted by atomic mass is 127. The Morgan fingerprint density at radius 3 is 2.55 bits per heavy atom. The zero-order chi connectivity index (χ0) is 19.8. The molecular formula is C21H33IN4O3. The molecule has 0 atom stereocenters. The normalized spacial score (nSPS) is 19.0. The number of halogens is 1. The third-order valence-corrected chi connectivity index (χ3v) is 5.50. The Kier molecular flexibility index (Phi) is 9.64. The van der Waals surface area contributed by atoms with E-state index in [0.29, 0.717) is 19.5 Å². The van der Waals surface area contributed by atoms with Crippen LogP contribution in [0.2, 0.25) is 0 Å². The van der Waals surface area contributed by atoms with Crippen molar-refractivity contribution in [3.63, 3.8) is 0 Å². The summed E-state index contributed by atoms with van der Waals surface area (Å²) in [6.07, 6.45) is 3.36. The lowest BCUT2D eigenvalue weighted by atomic mass is 9.94. The highest BCUT2D eigenvalue weighted by Crippen LogP contribution is 2.24. The van der Waals surface area contributed by atoms with Gasteiger partial charge in [0.15, 0.2) is 5.96 Å². The van der Waals surface area contributed by atoms with E-state index in [2.05, 4.69) is 17.6 Å². The summed E-state index contributed by atoms with van der Waals surface area (Å²) in [6.45, 7) is 6.41. The van der Waals surface area contributed by atoms with Crippen LogP contribution >= 0.6 is 24.0 Å². The lowest BCUT2D eigenvalue weighted by Crippen LogP contribution is -2.50. The van der Waals surface area contributed by atoms with Crippen molar-refractivity contribution in [1.82, 2.24) is 10.6 Å². The van der Waals surface area contributed by atoms with Gasteiger partial charge in [-0.3, -0.25) is 4.79 Å². The molecule has 1 amide bonds. The number of nitrogens with zero attached hydrogens (tertiary/aromatic N) is 2. The van der Waals surface area contributed by atoms with E-state index in [1.54, 1.807) is 7.11 Å². The molecule has 0 saturated carbocycles. The monoisotopic (exact) mass is 516 g/mol. The van der Waals surface area contributed by atoms with Gasteiger partial charge >= 0.3 is 0 Å². The Bertz CT molecular complexity index is 675. The Morgan fingerprint density at radius 1 is 1.24 bits per heavy atom. The van der Waals surface area contributed by atoms with Crippen molar-refractivity contribution in [2.45, 2.75) is 44.8 Å². The van der Waals surface area contributed by atoms with Gasteiger partial charge in [-0.2, -0.15) is 0 Å². The number of nitrogens with one attached hydrogen (secondary N) is 2. The largest absolute Gasteiger partial charge is 0.381 e. The van der Waals surface area contributed by atoms with Gasteiger partial charge < -0.3 is 25.0 Å². The molecule has 0 bridgehead atoms. The molecule has 0 radical (unpaired) electrons. The van der Waals surface area contributed by atoms with Crippen LogP contribution in [0.3, 0.4) is 0 Å². The molecule has 162 valence electrons. The number of aliphatic imine (C=N–C) groups is 1. The van der Waals surface area contributed by atoms with Crippen LogP contribution in [0.4, 0.5) is 5.69 Å². The van der Waals surface area contributed by atoms with Crippen LogP contribution in [-0.2, 0) is 20.8 Å². The Hall–Kier alpha value is -1.39. The van der Waals surface area contributed by atoms with Gasteiger partial charge in [-0.25, -0.2) is 4.99 Å². The zero-order valence-corrected chi connectivity index (χ0v) is 19.7. The number of carbonyl (C=O) groups excluding carboxylic acids is 1. The third kappa shape index (κ3) is 6.55. The number of hydrogen-bond acceptors (Lipinski definition) is 4. The third-order valence-electron chi connectivity index (χ3n) is 5.50. The van der Waals surface area contributed by atoms with Gasteiger partial charge in [-0.05, 0) is 31.0 Å². The number of methoxy groups -OCH3 is 1. The molecule has 2 aliphatic rings. The first kappa shape index (κ1) is 23.9. The number of ether oxygens (including phenoxy) is 2. The molecule has 3 rings (SSSR count). The van der Waals surface area contributed by atoms with Gasteiger partial charge in [0, 0.05) is 64.9 Å². The zero-order valence-electron chi connectivity index (χ0n) is 17.4. The maximum absolute atomic E-state index is 11.9. The summed E-state index contributed by atoms with van der Waals surface area (Å²) in [6, 6.07) is 8.11. The smallest absolute Gasteiger partial charge is 0.227 e. The first-order valence-corrected chi connectivity index (χ1v) is 10.2. The summed E-state index contributed by atoms with van der Waals surface area (Å²) in [5, 5.41) is 6.71. The molecule has 1 aromatic rings. The van der Waals surface area contributed by atoms with E-state index < -0.39 is 0 Å².